The Hall–Kier alpha value is -1.80. The molecule has 0 spiro atoms. The summed E-state index contributed by atoms with van der Waals surface area (Å²) in [5, 5.41) is 31.2. The Bertz CT molecular complexity index is 631. The zero-order chi connectivity index (χ0) is 16.5. The lowest BCUT2D eigenvalue weighted by Crippen LogP contribution is -2.33. The minimum absolute atomic E-state index is 0.0479. The summed E-state index contributed by atoms with van der Waals surface area (Å²) in [6.07, 6.45) is 3.18. The van der Waals surface area contributed by atoms with Gasteiger partial charge in [-0.3, -0.25) is 0 Å². The molecule has 1 heterocycles. The molecule has 0 radical (unpaired) electrons. The van der Waals surface area contributed by atoms with Crippen LogP contribution in [0, 0.1) is 6.92 Å². The van der Waals surface area contributed by atoms with Crippen molar-refractivity contribution < 1.29 is 14.9 Å². The lowest BCUT2D eigenvalue weighted by atomic mass is 10.2. The number of benzene rings is 1. The maximum Gasteiger partial charge on any atom is 0.140 e. The molecule has 3 N–H and O–H groups in total. The highest BCUT2D eigenvalue weighted by molar-refractivity contribution is 7.12. The number of ether oxygens (including phenoxy) is 1. The van der Waals surface area contributed by atoms with Gasteiger partial charge in [0.1, 0.15) is 28.5 Å². The first-order valence-corrected chi connectivity index (χ1v) is 8.20. The predicted octanol–water partition coefficient (Wildman–Crippen LogP) is 1.34. The molecular weight excluding hydrogens is 314 g/mol. The van der Waals surface area contributed by atoms with Gasteiger partial charge in [0.2, 0.25) is 0 Å². The third-order valence-electron chi connectivity index (χ3n) is 2.97. The minimum Gasteiger partial charge on any atom is -0.490 e. The van der Waals surface area contributed by atoms with E-state index in [1.165, 1.54) is 11.3 Å². The van der Waals surface area contributed by atoms with Crippen LogP contribution in [0.2, 0.25) is 0 Å². The lowest BCUT2D eigenvalue weighted by molar-refractivity contribution is 0.105. The molecular formula is C16H21N3O3S. The van der Waals surface area contributed by atoms with Crippen molar-refractivity contribution in [1.82, 2.24) is 15.5 Å². The Kier molecular flexibility index (Phi) is 7.15. The number of para-hydroxylation sites is 1. The Balaban J connectivity index is 1.93. The van der Waals surface area contributed by atoms with E-state index in [0.717, 1.165) is 15.6 Å². The van der Waals surface area contributed by atoms with E-state index in [9.17, 15) is 5.11 Å². The molecule has 0 saturated carbocycles. The summed E-state index contributed by atoms with van der Waals surface area (Å²) < 4.78 is 5.69. The summed E-state index contributed by atoms with van der Waals surface area (Å²) in [6, 6.07) is 7.62. The maximum atomic E-state index is 9.83. The molecule has 0 aliphatic carbocycles. The normalized spacial score (nSPS) is 12.7. The fraction of sp³-hybridized carbons (Fsp3) is 0.375. The van der Waals surface area contributed by atoms with Crippen molar-refractivity contribution in [3.63, 3.8) is 0 Å². The van der Waals surface area contributed by atoms with Crippen LogP contribution in [0.3, 0.4) is 0 Å². The summed E-state index contributed by atoms with van der Waals surface area (Å²) in [4.78, 5) is 0. The molecule has 1 atom stereocenters. The van der Waals surface area contributed by atoms with Gasteiger partial charge in [0.05, 0.1) is 6.61 Å². The molecule has 23 heavy (non-hydrogen) atoms. The summed E-state index contributed by atoms with van der Waals surface area (Å²) in [6.45, 7) is 2.98. The zero-order valence-electron chi connectivity index (χ0n) is 13.0. The van der Waals surface area contributed by atoms with Crippen molar-refractivity contribution in [2.75, 3.05) is 26.3 Å². The number of hydrogen-bond donors (Lipinski definition) is 3. The number of aliphatic hydroxyl groups excluding tert-OH is 2. The van der Waals surface area contributed by atoms with E-state index in [-0.39, 0.29) is 13.2 Å². The van der Waals surface area contributed by atoms with Crippen molar-refractivity contribution in [2.45, 2.75) is 13.0 Å². The summed E-state index contributed by atoms with van der Waals surface area (Å²) >= 11 is 1.52. The summed E-state index contributed by atoms with van der Waals surface area (Å²) in [5.41, 5.74) is 0.913. The third kappa shape index (κ3) is 6.07. The minimum atomic E-state index is -0.635. The van der Waals surface area contributed by atoms with Gasteiger partial charge < -0.3 is 20.3 Å². The SMILES string of the molecule is Cc1nnc(/C=C\c2ccccc2OCC(O)CNCCO)s1. The fourth-order valence-corrected chi connectivity index (χ4v) is 2.48. The number of nitrogens with zero attached hydrogens (tertiary/aromatic N) is 2. The highest BCUT2D eigenvalue weighted by Gasteiger charge is 2.06. The first-order valence-electron chi connectivity index (χ1n) is 7.38. The summed E-state index contributed by atoms with van der Waals surface area (Å²) in [5.74, 6) is 0.700. The Morgan fingerprint density at radius 2 is 2.13 bits per heavy atom. The van der Waals surface area contributed by atoms with Crippen LogP contribution in [0.1, 0.15) is 15.6 Å². The van der Waals surface area contributed by atoms with Crippen LogP contribution in [-0.4, -0.2) is 52.8 Å². The average molecular weight is 335 g/mol. The molecule has 1 aromatic carbocycles. The van der Waals surface area contributed by atoms with E-state index in [4.69, 9.17) is 9.84 Å². The number of aliphatic hydroxyl groups is 2. The zero-order valence-corrected chi connectivity index (χ0v) is 13.8. The van der Waals surface area contributed by atoms with Crippen LogP contribution in [0.4, 0.5) is 0 Å². The van der Waals surface area contributed by atoms with E-state index in [1.807, 2.05) is 43.3 Å². The first-order chi connectivity index (χ1) is 11.2. The number of aryl methyl sites for hydroxylation is 1. The molecule has 6 nitrogen and oxygen atoms in total. The monoisotopic (exact) mass is 335 g/mol. The molecule has 0 amide bonds. The Morgan fingerprint density at radius 3 is 2.87 bits per heavy atom. The second kappa shape index (κ2) is 9.36. The summed E-state index contributed by atoms with van der Waals surface area (Å²) in [7, 11) is 0. The predicted molar refractivity (Wildman–Crippen MR) is 91.5 cm³/mol. The number of nitrogens with one attached hydrogen (secondary N) is 1. The van der Waals surface area contributed by atoms with Crippen LogP contribution in [0.25, 0.3) is 12.2 Å². The van der Waals surface area contributed by atoms with Crippen LogP contribution < -0.4 is 10.1 Å². The highest BCUT2D eigenvalue weighted by atomic mass is 32.1. The molecule has 0 aliphatic heterocycles. The number of aromatic nitrogens is 2. The lowest BCUT2D eigenvalue weighted by Gasteiger charge is -2.14. The van der Waals surface area contributed by atoms with Gasteiger partial charge in [0, 0.05) is 18.7 Å². The molecule has 0 bridgehead atoms. The molecule has 2 rings (SSSR count). The molecule has 1 unspecified atom stereocenters. The molecule has 124 valence electrons. The van der Waals surface area contributed by atoms with Gasteiger partial charge in [-0.05, 0) is 25.1 Å². The van der Waals surface area contributed by atoms with E-state index >= 15 is 0 Å². The van der Waals surface area contributed by atoms with Crippen molar-refractivity contribution in [1.29, 1.82) is 0 Å². The Labute approximate surface area is 139 Å². The van der Waals surface area contributed by atoms with Crippen LogP contribution in [0.15, 0.2) is 24.3 Å². The van der Waals surface area contributed by atoms with Gasteiger partial charge in [-0.2, -0.15) is 0 Å². The molecule has 1 aromatic heterocycles. The second-order valence-electron chi connectivity index (χ2n) is 4.92. The Morgan fingerprint density at radius 1 is 1.30 bits per heavy atom. The van der Waals surface area contributed by atoms with Crippen molar-refractivity contribution in [3.8, 4) is 5.75 Å². The van der Waals surface area contributed by atoms with Crippen molar-refractivity contribution in [3.05, 3.63) is 39.8 Å². The van der Waals surface area contributed by atoms with E-state index in [0.29, 0.717) is 18.8 Å². The second-order valence-corrected chi connectivity index (χ2v) is 6.14. The van der Waals surface area contributed by atoms with Gasteiger partial charge in [-0.25, -0.2) is 0 Å². The standard InChI is InChI=1S/C16H21N3O3S/c1-12-18-19-16(23-12)7-6-13-4-2-3-5-15(13)22-11-14(21)10-17-8-9-20/h2-7,14,17,20-21H,8-11H2,1H3/b7-6-. The number of rotatable bonds is 9. The van der Waals surface area contributed by atoms with Crippen LogP contribution in [0.5, 0.6) is 5.75 Å². The van der Waals surface area contributed by atoms with Gasteiger partial charge in [0.25, 0.3) is 0 Å². The van der Waals surface area contributed by atoms with Crippen molar-refractivity contribution >= 4 is 23.5 Å². The highest BCUT2D eigenvalue weighted by Crippen LogP contribution is 2.21. The van der Waals surface area contributed by atoms with E-state index in [2.05, 4.69) is 15.5 Å². The molecule has 7 heteroatoms. The number of hydrogen-bond acceptors (Lipinski definition) is 7. The van der Waals surface area contributed by atoms with E-state index < -0.39 is 6.10 Å². The quantitative estimate of drug-likeness (QED) is 0.600. The largest absolute Gasteiger partial charge is 0.490 e. The smallest absolute Gasteiger partial charge is 0.140 e. The van der Waals surface area contributed by atoms with Crippen LogP contribution >= 0.6 is 11.3 Å². The van der Waals surface area contributed by atoms with Gasteiger partial charge in [0.15, 0.2) is 0 Å². The van der Waals surface area contributed by atoms with Gasteiger partial charge in [-0.1, -0.05) is 29.5 Å². The molecule has 0 saturated heterocycles. The van der Waals surface area contributed by atoms with Gasteiger partial charge in [-0.15, -0.1) is 10.2 Å². The van der Waals surface area contributed by atoms with Crippen LogP contribution in [-0.2, 0) is 0 Å². The average Bonchev–Trinajstić information content (AvgIpc) is 2.97. The fourth-order valence-electron chi connectivity index (χ4n) is 1.88. The first kappa shape index (κ1) is 17.6. The van der Waals surface area contributed by atoms with E-state index in [1.54, 1.807) is 0 Å². The van der Waals surface area contributed by atoms with Gasteiger partial charge >= 0.3 is 0 Å². The topological polar surface area (TPSA) is 87.5 Å². The molecule has 2 aromatic rings. The maximum absolute atomic E-state index is 9.83. The van der Waals surface area contributed by atoms with Crippen molar-refractivity contribution in [2.24, 2.45) is 0 Å². The molecule has 0 fully saturated rings. The third-order valence-corrected chi connectivity index (χ3v) is 3.77. The molecule has 0 aliphatic rings.